The van der Waals surface area contributed by atoms with Crippen LogP contribution >= 0.6 is 0 Å². The summed E-state index contributed by atoms with van der Waals surface area (Å²) in [5.74, 6) is 0.403. The molecule has 1 heterocycles. The van der Waals surface area contributed by atoms with Crippen molar-refractivity contribution in [3.05, 3.63) is 0 Å². The Labute approximate surface area is 155 Å². The number of hydrogen-bond donors (Lipinski definition) is 2. The van der Waals surface area contributed by atoms with Crippen molar-refractivity contribution in [3.63, 3.8) is 0 Å². The van der Waals surface area contributed by atoms with Gasteiger partial charge in [-0.3, -0.25) is 4.99 Å². The van der Waals surface area contributed by atoms with E-state index in [9.17, 15) is 9.59 Å². The maximum Gasteiger partial charge on any atom is 0.410 e. The van der Waals surface area contributed by atoms with Crippen molar-refractivity contribution in [2.75, 3.05) is 39.3 Å². The van der Waals surface area contributed by atoms with Crippen LogP contribution in [0.15, 0.2) is 4.99 Å². The zero-order valence-electron chi connectivity index (χ0n) is 16.8. The number of hydrogen-bond acceptors (Lipinski definition) is 5. The SMILES string of the molecule is CC(C)(C)OC(=O)NCCN=C(N)N1CCN(C(=O)OC(C)(C)C)CC1. The van der Waals surface area contributed by atoms with Crippen molar-refractivity contribution in [2.24, 2.45) is 10.7 Å². The normalized spacial score (nSPS) is 16.3. The van der Waals surface area contributed by atoms with Gasteiger partial charge in [0.1, 0.15) is 11.2 Å². The summed E-state index contributed by atoms with van der Waals surface area (Å²) in [5.41, 5.74) is 4.96. The van der Waals surface area contributed by atoms with Gasteiger partial charge in [-0.15, -0.1) is 0 Å². The highest BCUT2D eigenvalue weighted by Crippen LogP contribution is 2.11. The van der Waals surface area contributed by atoms with E-state index in [2.05, 4.69) is 10.3 Å². The van der Waals surface area contributed by atoms with Gasteiger partial charge in [-0.05, 0) is 41.5 Å². The van der Waals surface area contributed by atoms with Crippen LogP contribution in [-0.4, -0.2) is 78.4 Å². The first-order valence-corrected chi connectivity index (χ1v) is 8.87. The van der Waals surface area contributed by atoms with Gasteiger partial charge in [0.15, 0.2) is 5.96 Å². The van der Waals surface area contributed by atoms with Crippen LogP contribution in [0.25, 0.3) is 0 Å². The number of aliphatic imine (C=N–C) groups is 1. The molecule has 0 atom stereocenters. The molecule has 0 aromatic carbocycles. The fourth-order valence-corrected chi connectivity index (χ4v) is 2.19. The number of ether oxygens (including phenoxy) is 2. The Hall–Kier alpha value is -2.19. The molecular formula is C17H33N5O4. The zero-order chi connectivity index (χ0) is 20.0. The summed E-state index contributed by atoms with van der Waals surface area (Å²) in [5, 5.41) is 2.63. The molecule has 2 amide bonds. The van der Waals surface area contributed by atoms with Crippen molar-refractivity contribution in [1.82, 2.24) is 15.1 Å². The van der Waals surface area contributed by atoms with Crippen LogP contribution in [-0.2, 0) is 9.47 Å². The molecular weight excluding hydrogens is 338 g/mol. The number of alkyl carbamates (subject to hydrolysis) is 1. The molecule has 150 valence electrons. The zero-order valence-corrected chi connectivity index (χ0v) is 16.8. The molecule has 0 radical (unpaired) electrons. The van der Waals surface area contributed by atoms with Gasteiger partial charge in [0.2, 0.25) is 0 Å². The molecule has 0 aromatic heterocycles. The Morgan fingerprint density at radius 2 is 1.46 bits per heavy atom. The number of piperazine rings is 1. The van der Waals surface area contributed by atoms with Crippen LogP contribution in [0, 0.1) is 0 Å². The fraction of sp³-hybridized carbons (Fsp3) is 0.824. The maximum atomic E-state index is 12.0. The topological polar surface area (TPSA) is 109 Å². The minimum absolute atomic E-state index is 0.311. The van der Waals surface area contributed by atoms with Crippen LogP contribution in [0.5, 0.6) is 0 Å². The third kappa shape index (κ3) is 8.77. The molecule has 0 bridgehead atoms. The van der Waals surface area contributed by atoms with Crippen LogP contribution < -0.4 is 11.1 Å². The molecule has 0 saturated carbocycles. The molecule has 3 N–H and O–H groups in total. The Balaban J connectivity index is 2.32. The number of nitrogens with zero attached hydrogens (tertiary/aromatic N) is 3. The van der Waals surface area contributed by atoms with Gasteiger partial charge in [0.05, 0.1) is 6.54 Å². The molecule has 1 aliphatic heterocycles. The summed E-state index contributed by atoms with van der Waals surface area (Å²) in [6.45, 7) is 13.9. The minimum Gasteiger partial charge on any atom is -0.444 e. The summed E-state index contributed by atoms with van der Waals surface area (Å²) in [6, 6.07) is 0. The lowest BCUT2D eigenvalue weighted by Crippen LogP contribution is -2.53. The molecule has 9 heteroatoms. The molecule has 0 aromatic rings. The Bertz CT molecular complexity index is 514. The number of nitrogens with one attached hydrogen (secondary N) is 1. The summed E-state index contributed by atoms with van der Waals surface area (Å²) >= 11 is 0. The summed E-state index contributed by atoms with van der Waals surface area (Å²) in [6.07, 6.45) is -0.786. The molecule has 9 nitrogen and oxygen atoms in total. The van der Waals surface area contributed by atoms with E-state index in [1.165, 1.54) is 0 Å². The highest BCUT2D eigenvalue weighted by Gasteiger charge is 2.26. The molecule has 26 heavy (non-hydrogen) atoms. The van der Waals surface area contributed by atoms with Crippen molar-refractivity contribution >= 4 is 18.1 Å². The number of nitrogens with two attached hydrogens (primary N) is 1. The Morgan fingerprint density at radius 3 is 1.96 bits per heavy atom. The molecule has 0 unspecified atom stereocenters. The number of carbonyl (C=O) groups excluding carboxylic acids is 2. The first kappa shape index (κ1) is 21.9. The smallest absolute Gasteiger partial charge is 0.410 e. The van der Waals surface area contributed by atoms with Crippen molar-refractivity contribution in [2.45, 2.75) is 52.7 Å². The maximum absolute atomic E-state index is 12.0. The van der Waals surface area contributed by atoms with E-state index in [4.69, 9.17) is 15.2 Å². The third-order valence-electron chi connectivity index (χ3n) is 3.31. The number of guanidine groups is 1. The van der Waals surface area contributed by atoms with Gasteiger partial charge in [0.25, 0.3) is 0 Å². The third-order valence-corrected chi connectivity index (χ3v) is 3.31. The Kier molecular flexibility index (Phi) is 7.53. The summed E-state index contributed by atoms with van der Waals surface area (Å²) < 4.78 is 10.5. The van der Waals surface area contributed by atoms with E-state index < -0.39 is 17.3 Å². The molecule has 1 aliphatic rings. The largest absolute Gasteiger partial charge is 0.444 e. The van der Waals surface area contributed by atoms with Crippen molar-refractivity contribution < 1.29 is 19.1 Å². The van der Waals surface area contributed by atoms with Crippen molar-refractivity contribution in [3.8, 4) is 0 Å². The highest BCUT2D eigenvalue weighted by atomic mass is 16.6. The van der Waals surface area contributed by atoms with Crippen LogP contribution in [0.4, 0.5) is 9.59 Å². The predicted molar refractivity (Wildman–Crippen MR) is 100 cm³/mol. The molecule has 1 rings (SSSR count). The number of carbonyl (C=O) groups is 2. The fourth-order valence-electron chi connectivity index (χ4n) is 2.19. The molecule has 1 saturated heterocycles. The second-order valence-corrected chi connectivity index (χ2v) is 8.12. The summed E-state index contributed by atoms with van der Waals surface area (Å²) in [4.78, 5) is 31.4. The summed E-state index contributed by atoms with van der Waals surface area (Å²) in [7, 11) is 0. The molecule has 0 spiro atoms. The van der Waals surface area contributed by atoms with E-state index in [0.717, 1.165) is 0 Å². The second-order valence-electron chi connectivity index (χ2n) is 8.12. The minimum atomic E-state index is -0.528. The quantitative estimate of drug-likeness (QED) is 0.441. The van der Waals surface area contributed by atoms with Crippen LogP contribution in [0.2, 0.25) is 0 Å². The van der Waals surface area contributed by atoms with Crippen molar-refractivity contribution in [1.29, 1.82) is 0 Å². The van der Waals surface area contributed by atoms with Gasteiger partial charge in [0, 0.05) is 32.7 Å². The van der Waals surface area contributed by atoms with E-state index in [-0.39, 0.29) is 6.09 Å². The molecule has 1 fully saturated rings. The first-order chi connectivity index (χ1) is 11.9. The van der Waals surface area contributed by atoms with E-state index in [1.807, 2.05) is 25.7 Å². The van der Waals surface area contributed by atoms with Crippen LogP contribution in [0.1, 0.15) is 41.5 Å². The van der Waals surface area contributed by atoms with Gasteiger partial charge in [-0.1, -0.05) is 0 Å². The predicted octanol–water partition coefficient (Wildman–Crippen LogP) is 1.38. The number of rotatable bonds is 3. The van der Waals surface area contributed by atoms with E-state index in [0.29, 0.717) is 45.2 Å². The first-order valence-electron chi connectivity index (χ1n) is 8.87. The molecule has 0 aliphatic carbocycles. The van der Waals surface area contributed by atoms with Gasteiger partial charge in [-0.25, -0.2) is 9.59 Å². The van der Waals surface area contributed by atoms with Gasteiger partial charge < -0.3 is 30.3 Å². The average molecular weight is 371 g/mol. The number of amides is 2. The second kappa shape index (κ2) is 8.95. The standard InChI is InChI=1S/C17H33N5O4/c1-16(2,3)25-14(23)20-8-7-19-13(18)21-9-11-22(12-10-21)15(24)26-17(4,5)6/h7-12H2,1-6H3,(H2,18,19)(H,20,23). The highest BCUT2D eigenvalue weighted by molar-refractivity contribution is 5.78. The van der Waals surface area contributed by atoms with Gasteiger partial charge in [-0.2, -0.15) is 0 Å². The van der Waals surface area contributed by atoms with E-state index in [1.54, 1.807) is 25.7 Å². The lowest BCUT2D eigenvalue weighted by molar-refractivity contribution is 0.0186. The monoisotopic (exact) mass is 371 g/mol. The average Bonchev–Trinajstić information content (AvgIpc) is 2.48. The lowest BCUT2D eigenvalue weighted by Gasteiger charge is -2.36. The van der Waals surface area contributed by atoms with E-state index >= 15 is 0 Å². The lowest BCUT2D eigenvalue weighted by atomic mass is 10.2. The van der Waals surface area contributed by atoms with Crippen LogP contribution in [0.3, 0.4) is 0 Å². The van der Waals surface area contributed by atoms with Gasteiger partial charge >= 0.3 is 12.2 Å². The Morgan fingerprint density at radius 1 is 0.962 bits per heavy atom.